The molecule has 0 unspecified atom stereocenters. The number of nitrogens with zero attached hydrogens (tertiary/aromatic N) is 1. The van der Waals surface area contributed by atoms with E-state index in [0.717, 1.165) is 6.26 Å². The molecule has 0 amide bonds. The van der Waals surface area contributed by atoms with E-state index < -0.39 is 25.5 Å². The van der Waals surface area contributed by atoms with Gasteiger partial charge in [-0.15, -0.1) is 0 Å². The summed E-state index contributed by atoms with van der Waals surface area (Å²) in [5.41, 5.74) is -0.817. The van der Waals surface area contributed by atoms with Crippen LogP contribution in [0.4, 0.5) is 0 Å². The molecule has 0 atom stereocenters. The van der Waals surface area contributed by atoms with E-state index in [1.54, 1.807) is 6.92 Å². The van der Waals surface area contributed by atoms with E-state index in [1.165, 1.54) is 4.31 Å². The van der Waals surface area contributed by atoms with Gasteiger partial charge in [-0.1, -0.05) is 0 Å². The van der Waals surface area contributed by atoms with Crippen LogP contribution in [0.5, 0.6) is 0 Å². The van der Waals surface area contributed by atoms with E-state index >= 15 is 0 Å². The molecule has 0 saturated carbocycles. The Labute approximate surface area is 103 Å². The molecule has 0 bridgehead atoms. The molecular weight excluding hydrogens is 266 g/mol. The summed E-state index contributed by atoms with van der Waals surface area (Å²) in [6.45, 7) is 2.17. The van der Waals surface area contributed by atoms with Crippen LogP contribution in [0.25, 0.3) is 0 Å². The number of sulfonamides is 1. The third-order valence-corrected chi connectivity index (χ3v) is 5.98. The Morgan fingerprint density at radius 2 is 1.59 bits per heavy atom. The van der Waals surface area contributed by atoms with Gasteiger partial charge in [-0.05, 0) is 19.8 Å². The number of hydrogen-bond acceptors (Lipinski definition) is 5. The van der Waals surface area contributed by atoms with Crippen molar-refractivity contribution in [3.05, 3.63) is 0 Å². The number of aliphatic hydroxyl groups is 1. The Morgan fingerprint density at radius 1 is 1.12 bits per heavy atom. The van der Waals surface area contributed by atoms with Gasteiger partial charge in [-0.3, -0.25) is 0 Å². The molecule has 1 fully saturated rings. The van der Waals surface area contributed by atoms with Gasteiger partial charge in [0.2, 0.25) is 10.0 Å². The topological polar surface area (TPSA) is 91.8 Å². The average molecular weight is 285 g/mol. The molecule has 102 valence electrons. The molecule has 0 aromatic rings. The van der Waals surface area contributed by atoms with Crippen LogP contribution >= 0.6 is 0 Å². The molecule has 1 saturated heterocycles. The maximum atomic E-state index is 11.8. The second kappa shape index (κ2) is 4.83. The molecule has 0 spiro atoms. The van der Waals surface area contributed by atoms with Gasteiger partial charge in [0, 0.05) is 19.3 Å². The second-order valence-corrected chi connectivity index (χ2v) is 9.19. The highest BCUT2D eigenvalue weighted by Crippen LogP contribution is 2.23. The molecule has 0 aromatic carbocycles. The highest BCUT2D eigenvalue weighted by atomic mass is 32.2. The SMILES string of the molecule is CC1(O)CCN(S(=O)(=O)CCS(C)(=O)=O)CC1. The maximum absolute atomic E-state index is 11.8. The summed E-state index contributed by atoms with van der Waals surface area (Å²) in [5.74, 6) is -0.740. The highest BCUT2D eigenvalue weighted by Gasteiger charge is 2.33. The van der Waals surface area contributed by atoms with Crippen molar-refractivity contribution in [3.63, 3.8) is 0 Å². The number of rotatable bonds is 4. The lowest BCUT2D eigenvalue weighted by molar-refractivity contribution is 0.0126. The van der Waals surface area contributed by atoms with Crippen LogP contribution < -0.4 is 0 Å². The first-order chi connectivity index (χ1) is 7.52. The second-order valence-electron chi connectivity index (χ2n) is 4.84. The van der Waals surface area contributed by atoms with Crippen LogP contribution in [0.2, 0.25) is 0 Å². The van der Waals surface area contributed by atoms with Crippen molar-refractivity contribution in [1.82, 2.24) is 4.31 Å². The molecule has 17 heavy (non-hydrogen) atoms. The predicted octanol–water partition coefficient (Wildman–Crippen LogP) is -0.792. The molecule has 8 heteroatoms. The van der Waals surface area contributed by atoms with E-state index in [9.17, 15) is 21.9 Å². The lowest BCUT2D eigenvalue weighted by Crippen LogP contribution is -2.46. The van der Waals surface area contributed by atoms with Crippen LogP contribution in [-0.4, -0.2) is 62.7 Å². The Hall–Kier alpha value is -0.180. The van der Waals surface area contributed by atoms with Crippen LogP contribution in [0, 0.1) is 0 Å². The first-order valence-corrected chi connectivity index (χ1v) is 9.07. The summed E-state index contributed by atoms with van der Waals surface area (Å²) in [7, 11) is -6.80. The van der Waals surface area contributed by atoms with E-state index in [2.05, 4.69) is 0 Å². The van der Waals surface area contributed by atoms with E-state index in [1.807, 2.05) is 0 Å². The van der Waals surface area contributed by atoms with Gasteiger partial charge >= 0.3 is 0 Å². The van der Waals surface area contributed by atoms with E-state index in [4.69, 9.17) is 0 Å². The van der Waals surface area contributed by atoms with Crippen molar-refractivity contribution in [2.24, 2.45) is 0 Å². The molecule has 1 rings (SSSR count). The van der Waals surface area contributed by atoms with Gasteiger partial charge in [-0.2, -0.15) is 0 Å². The highest BCUT2D eigenvalue weighted by molar-refractivity contribution is 7.93. The molecule has 1 aliphatic heterocycles. The van der Waals surface area contributed by atoms with Crippen molar-refractivity contribution in [2.75, 3.05) is 30.9 Å². The molecule has 0 aliphatic carbocycles. The van der Waals surface area contributed by atoms with Crippen LogP contribution in [0.15, 0.2) is 0 Å². The first-order valence-electron chi connectivity index (χ1n) is 5.40. The lowest BCUT2D eigenvalue weighted by atomic mass is 9.95. The molecule has 1 aliphatic rings. The van der Waals surface area contributed by atoms with Gasteiger partial charge < -0.3 is 5.11 Å². The molecule has 0 aromatic heterocycles. The van der Waals surface area contributed by atoms with Gasteiger partial charge in [0.05, 0.1) is 17.1 Å². The standard InChI is InChI=1S/C9H19NO5S2/c1-9(11)3-5-10(6-4-9)17(14,15)8-7-16(2,12)13/h11H,3-8H2,1-2H3. The first kappa shape index (κ1) is 14.9. The summed E-state index contributed by atoms with van der Waals surface area (Å²) in [6.07, 6.45) is 1.78. The van der Waals surface area contributed by atoms with Crippen LogP contribution in [0.1, 0.15) is 19.8 Å². The average Bonchev–Trinajstić information content (AvgIpc) is 2.13. The van der Waals surface area contributed by atoms with Crippen molar-refractivity contribution >= 4 is 19.9 Å². The third-order valence-electron chi connectivity index (χ3n) is 2.91. The Kier molecular flexibility index (Phi) is 4.23. The fraction of sp³-hybridized carbons (Fsp3) is 1.00. The summed E-state index contributed by atoms with van der Waals surface area (Å²) in [6, 6.07) is 0. The Bertz CT molecular complexity index is 456. The number of sulfone groups is 1. The fourth-order valence-corrected chi connectivity index (χ4v) is 4.68. The van der Waals surface area contributed by atoms with Crippen molar-refractivity contribution in [3.8, 4) is 0 Å². The summed E-state index contributed by atoms with van der Waals surface area (Å²) in [5, 5.41) is 9.70. The summed E-state index contributed by atoms with van der Waals surface area (Å²) in [4.78, 5) is 0. The molecular formula is C9H19NO5S2. The zero-order valence-electron chi connectivity index (χ0n) is 10.1. The number of piperidine rings is 1. The smallest absolute Gasteiger partial charge is 0.215 e. The Morgan fingerprint density at radius 3 is 2.00 bits per heavy atom. The van der Waals surface area contributed by atoms with Crippen LogP contribution in [-0.2, 0) is 19.9 Å². The van der Waals surface area contributed by atoms with Gasteiger partial charge in [-0.25, -0.2) is 21.1 Å². The molecule has 1 N–H and O–H groups in total. The molecule has 6 nitrogen and oxygen atoms in total. The minimum absolute atomic E-state index is 0.249. The normalized spacial score (nSPS) is 22.5. The molecule has 0 radical (unpaired) electrons. The quantitative estimate of drug-likeness (QED) is 0.730. The largest absolute Gasteiger partial charge is 0.390 e. The summed E-state index contributed by atoms with van der Waals surface area (Å²) >= 11 is 0. The number of hydrogen-bond donors (Lipinski definition) is 1. The van der Waals surface area contributed by atoms with Gasteiger partial charge in [0.1, 0.15) is 9.84 Å². The van der Waals surface area contributed by atoms with Gasteiger partial charge in [0.25, 0.3) is 0 Å². The summed E-state index contributed by atoms with van der Waals surface area (Å²) < 4.78 is 46.8. The minimum atomic E-state index is -3.52. The van der Waals surface area contributed by atoms with Crippen molar-refractivity contribution in [1.29, 1.82) is 0 Å². The monoisotopic (exact) mass is 285 g/mol. The van der Waals surface area contributed by atoms with Crippen LogP contribution in [0.3, 0.4) is 0 Å². The van der Waals surface area contributed by atoms with Gasteiger partial charge in [0.15, 0.2) is 0 Å². The van der Waals surface area contributed by atoms with Crippen molar-refractivity contribution in [2.45, 2.75) is 25.4 Å². The van der Waals surface area contributed by atoms with Crippen molar-refractivity contribution < 1.29 is 21.9 Å². The zero-order chi connectivity index (χ0) is 13.3. The van der Waals surface area contributed by atoms with E-state index in [0.29, 0.717) is 12.8 Å². The lowest BCUT2D eigenvalue weighted by Gasteiger charge is -2.34. The Balaban J connectivity index is 2.61. The fourth-order valence-electron chi connectivity index (χ4n) is 1.63. The van der Waals surface area contributed by atoms with E-state index in [-0.39, 0.29) is 24.6 Å². The third kappa shape index (κ3) is 4.90. The predicted molar refractivity (Wildman–Crippen MR) is 64.9 cm³/mol. The minimum Gasteiger partial charge on any atom is -0.390 e. The zero-order valence-corrected chi connectivity index (χ0v) is 11.7. The maximum Gasteiger partial charge on any atom is 0.215 e. The molecule has 1 heterocycles.